The minimum absolute atomic E-state index is 0.0202. The Labute approximate surface area is 133 Å². The van der Waals surface area contributed by atoms with Gasteiger partial charge in [-0.05, 0) is 49.6 Å². The molecule has 1 atom stereocenters. The SMILES string of the molecule is CC1(C)NC(=O)c2ccc(Br)cc2[C@H]1Cc1ccccc1. The summed E-state index contributed by atoms with van der Waals surface area (Å²) in [6.45, 7) is 4.20. The van der Waals surface area contributed by atoms with Gasteiger partial charge in [0.2, 0.25) is 0 Å². The lowest BCUT2D eigenvalue weighted by molar-refractivity contribution is 0.0876. The number of carbonyl (C=O) groups is 1. The maximum Gasteiger partial charge on any atom is 0.252 e. The highest BCUT2D eigenvalue weighted by Crippen LogP contribution is 2.38. The first-order chi connectivity index (χ1) is 9.97. The van der Waals surface area contributed by atoms with Gasteiger partial charge in [0.25, 0.3) is 5.91 Å². The second kappa shape index (κ2) is 5.30. The molecule has 0 spiro atoms. The largest absolute Gasteiger partial charge is 0.347 e. The van der Waals surface area contributed by atoms with Gasteiger partial charge < -0.3 is 5.32 Å². The van der Waals surface area contributed by atoms with E-state index >= 15 is 0 Å². The van der Waals surface area contributed by atoms with E-state index in [9.17, 15) is 4.79 Å². The molecular weight excluding hydrogens is 326 g/mol. The minimum Gasteiger partial charge on any atom is -0.347 e. The van der Waals surface area contributed by atoms with Crippen molar-refractivity contribution in [3.8, 4) is 0 Å². The van der Waals surface area contributed by atoms with Crippen LogP contribution in [0.2, 0.25) is 0 Å². The molecule has 2 aromatic rings. The maximum absolute atomic E-state index is 12.3. The van der Waals surface area contributed by atoms with Crippen LogP contribution in [-0.2, 0) is 6.42 Å². The smallest absolute Gasteiger partial charge is 0.252 e. The van der Waals surface area contributed by atoms with Crippen molar-refractivity contribution in [3.05, 3.63) is 69.7 Å². The summed E-state index contributed by atoms with van der Waals surface area (Å²) >= 11 is 3.53. The van der Waals surface area contributed by atoms with E-state index in [2.05, 4.69) is 65.4 Å². The van der Waals surface area contributed by atoms with Crippen molar-refractivity contribution in [1.29, 1.82) is 0 Å². The van der Waals surface area contributed by atoms with Gasteiger partial charge in [-0.1, -0.05) is 46.3 Å². The van der Waals surface area contributed by atoms with E-state index in [0.29, 0.717) is 0 Å². The van der Waals surface area contributed by atoms with Gasteiger partial charge in [0, 0.05) is 21.5 Å². The molecule has 2 aromatic carbocycles. The standard InChI is InChI=1S/C18H18BrNO/c1-18(2)16(10-12-6-4-3-5-7-12)15-11-13(19)8-9-14(15)17(21)20-18/h3-9,11,16H,10H2,1-2H3,(H,20,21)/t16-/m1/s1. The second-order valence-electron chi connectivity index (χ2n) is 6.15. The van der Waals surface area contributed by atoms with Gasteiger partial charge in [0.1, 0.15) is 0 Å². The molecule has 1 N–H and O–H groups in total. The van der Waals surface area contributed by atoms with Crippen LogP contribution < -0.4 is 5.32 Å². The lowest BCUT2D eigenvalue weighted by Gasteiger charge is -2.41. The van der Waals surface area contributed by atoms with E-state index in [4.69, 9.17) is 0 Å². The number of nitrogens with one attached hydrogen (secondary N) is 1. The highest BCUT2D eigenvalue weighted by molar-refractivity contribution is 9.10. The number of fused-ring (bicyclic) bond motifs is 1. The normalized spacial score (nSPS) is 19.8. The fraction of sp³-hybridized carbons (Fsp3) is 0.278. The summed E-state index contributed by atoms with van der Waals surface area (Å²) in [6, 6.07) is 16.4. The van der Waals surface area contributed by atoms with E-state index in [1.807, 2.05) is 18.2 Å². The highest BCUT2D eigenvalue weighted by Gasteiger charge is 2.39. The Balaban J connectivity index is 2.07. The third-order valence-electron chi connectivity index (χ3n) is 4.22. The molecule has 0 aromatic heterocycles. The van der Waals surface area contributed by atoms with Gasteiger partial charge >= 0.3 is 0 Å². The molecule has 0 radical (unpaired) electrons. The molecule has 1 amide bonds. The summed E-state index contributed by atoms with van der Waals surface area (Å²) in [5.41, 5.74) is 2.94. The van der Waals surface area contributed by atoms with Crippen LogP contribution in [0.5, 0.6) is 0 Å². The Hall–Kier alpha value is -1.61. The van der Waals surface area contributed by atoms with E-state index in [0.717, 1.165) is 22.0 Å². The number of benzene rings is 2. The van der Waals surface area contributed by atoms with Crippen LogP contribution in [0.15, 0.2) is 53.0 Å². The molecule has 3 rings (SSSR count). The van der Waals surface area contributed by atoms with Crippen molar-refractivity contribution in [2.45, 2.75) is 31.7 Å². The quantitative estimate of drug-likeness (QED) is 0.865. The lowest BCUT2D eigenvalue weighted by atomic mass is 9.73. The Morgan fingerprint density at radius 3 is 2.57 bits per heavy atom. The zero-order valence-electron chi connectivity index (χ0n) is 12.2. The van der Waals surface area contributed by atoms with Gasteiger partial charge in [-0.3, -0.25) is 4.79 Å². The van der Waals surface area contributed by atoms with Crippen LogP contribution in [-0.4, -0.2) is 11.4 Å². The van der Waals surface area contributed by atoms with E-state index in [-0.39, 0.29) is 17.4 Å². The summed E-state index contributed by atoms with van der Waals surface area (Å²) in [4.78, 5) is 12.3. The van der Waals surface area contributed by atoms with Crippen LogP contribution >= 0.6 is 15.9 Å². The predicted octanol–water partition coefficient (Wildman–Crippen LogP) is 4.30. The summed E-state index contributed by atoms with van der Waals surface area (Å²) in [7, 11) is 0. The Bertz CT molecular complexity index is 679. The fourth-order valence-electron chi connectivity index (χ4n) is 3.08. The third-order valence-corrected chi connectivity index (χ3v) is 4.72. The van der Waals surface area contributed by atoms with Crippen molar-refractivity contribution in [3.63, 3.8) is 0 Å². The van der Waals surface area contributed by atoms with Crippen molar-refractivity contribution in [1.82, 2.24) is 5.32 Å². The molecule has 0 aliphatic carbocycles. The van der Waals surface area contributed by atoms with Crippen LogP contribution in [0.3, 0.4) is 0 Å². The molecule has 0 saturated carbocycles. The molecule has 1 aliphatic rings. The van der Waals surface area contributed by atoms with Gasteiger partial charge in [0.05, 0.1) is 0 Å². The number of hydrogen-bond acceptors (Lipinski definition) is 1. The summed E-state index contributed by atoms with van der Waals surface area (Å²) in [6.07, 6.45) is 0.914. The number of halogens is 1. The molecular formula is C18H18BrNO. The topological polar surface area (TPSA) is 29.1 Å². The highest BCUT2D eigenvalue weighted by atomic mass is 79.9. The first-order valence-corrected chi connectivity index (χ1v) is 7.92. The van der Waals surface area contributed by atoms with Gasteiger partial charge in [0.15, 0.2) is 0 Å². The molecule has 1 aliphatic heterocycles. The minimum atomic E-state index is -0.263. The van der Waals surface area contributed by atoms with E-state index in [1.54, 1.807) is 0 Å². The number of rotatable bonds is 2. The predicted molar refractivity (Wildman–Crippen MR) is 88.6 cm³/mol. The monoisotopic (exact) mass is 343 g/mol. The average Bonchev–Trinajstić information content (AvgIpc) is 2.44. The zero-order chi connectivity index (χ0) is 15.0. The summed E-state index contributed by atoms with van der Waals surface area (Å²) < 4.78 is 1.02. The van der Waals surface area contributed by atoms with Crippen molar-refractivity contribution in [2.24, 2.45) is 0 Å². The number of hydrogen-bond donors (Lipinski definition) is 1. The zero-order valence-corrected chi connectivity index (χ0v) is 13.8. The molecule has 108 valence electrons. The molecule has 0 saturated heterocycles. The molecule has 2 nitrogen and oxygen atoms in total. The van der Waals surface area contributed by atoms with E-state index < -0.39 is 0 Å². The van der Waals surface area contributed by atoms with Gasteiger partial charge in [-0.25, -0.2) is 0 Å². The number of amides is 1. The van der Waals surface area contributed by atoms with Crippen molar-refractivity contribution in [2.75, 3.05) is 0 Å². The lowest BCUT2D eigenvalue weighted by Crippen LogP contribution is -2.52. The van der Waals surface area contributed by atoms with Crippen molar-refractivity contribution < 1.29 is 4.79 Å². The second-order valence-corrected chi connectivity index (χ2v) is 7.07. The van der Waals surface area contributed by atoms with Crippen LogP contribution in [0.25, 0.3) is 0 Å². The third kappa shape index (κ3) is 2.75. The summed E-state index contributed by atoms with van der Waals surface area (Å²) in [5, 5.41) is 3.15. The molecule has 0 fully saturated rings. The van der Waals surface area contributed by atoms with Crippen molar-refractivity contribution >= 4 is 21.8 Å². The van der Waals surface area contributed by atoms with E-state index in [1.165, 1.54) is 5.56 Å². The summed E-state index contributed by atoms with van der Waals surface area (Å²) in [5.74, 6) is 0.275. The molecule has 3 heteroatoms. The van der Waals surface area contributed by atoms with Gasteiger partial charge in [-0.2, -0.15) is 0 Å². The Morgan fingerprint density at radius 2 is 1.86 bits per heavy atom. The van der Waals surface area contributed by atoms with Gasteiger partial charge in [-0.15, -0.1) is 0 Å². The number of carbonyl (C=O) groups excluding carboxylic acids is 1. The van der Waals surface area contributed by atoms with Crippen LogP contribution in [0.1, 0.15) is 41.3 Å². The molecule has 0 bridgehead atoms. The van der Waals surface area contributed by atoms with Crippen LogP contribution in [0.4, 0.5) is 0 Å². The first kappa shape index (κ1) is 14.3. The molecule has 1 heterocycles. The Kier molecular flexibility index (Phi) is 3.62. The average molecular weight is 344 g/mol. The molecule has 0 unspecified atom stereocenters. The maximum atomic E-state index is 12.3. The molecule has 21 heavy (non-hydrogen) atoms. The fourth-order valence-corrected chi connectivity index (χ4v) is 3.46. The first-order valence-electron chi connectivity index (χ1n) is 7.13. The van der Waals surface area contributed by atoms with Crippen LogP contribution in [0, 0.1) is 0 Å². The Morgan fingerprint density at radius 1 is 1.14 bits per heavy atom.